The summed E-state index contributed by atoms with van der Waals surface area (Å²) in [6.45, 7) is 1.86. The molecule has 2 N–H and O–H groups in total. The van der Waals surface area contributed by atoms with Crippen LogP contribution >= 0.6 is 0 Å². The van der Waals surface area contributed by atoms with E-state index < -0.39 is 11.7 Å². The Bertz CT molecular complexity index is 745. The Morgan fingerprint density at radius 2 is 1.90 bits per heavy atom. The predicted molar refractivity (Wildman–Crippen MR) is 74.5 cm³/mol. The maximum absolute atomic E-state index is 13.2. The quantitative estimate of drug-likeness (QED) is 0.849. The molecule has 0 radical (unpaired) electrons. The highest BCUT2D eigenvalue weighted by molar-refractivity contribution is 6.21. The van der Waals surface area contributed by atoms with Gasteiger partial charge in [0.1, 0.15) is 5.82 Å². The van der Waals surface area contributed by atoms with Gasteiger partial charge in [0.2, 0.25) is 0 Å². The number of pyridine rings is 1. The number of amides is 2. The zero-order chi connectivity index (χ0) is 15.0. The summed E-state index contributed by atoms with van der Waals surface area (Å²) in [6.07, 6.45) is 2.71. The molecule has 2 aromatic rings. The van der Waals surface area contributed by atoms with Crippen molar-refractivity contribution in [1.29, 1.82) is 0 Å². The minimum atomic E-state index is -0.404. The summed E-state index contributed by atoms with van der Waals surface area (Å²) in [6, 6.07) is 6.12. The molecule has 1 aromatic heterocycles. The number of carbonyl (C=O) groups excluding carboxylic acids is 2. The molecule has 2 heterocycles. The summed E-state index contributed by atoms with van der Waals surface area (Å²) < 4.78 is 13.2. The maximum Gasteiger partial charge on any atom is 0.259 e. The molecule has 3 rings (SSSR count). The second kappa shape index (κ2) is 4.97. The van der Waals surface area contributed by atoms with Crippen molar-refractivity contribution in [3.8, 4) is 0 Å². The van der Waals surface area contributed by atoms with E-state index in [2.05, 4.69) is 15.6 Å². The Balaban J connectivity index is 1.84. The Kier molecular flexibility index (Phi) is 3.13. The van der Waals surface area contributed by atoms with Gasteiger partial charge in [0.25, 0.3) is 11.8 Å². The van der Waals surface area contributed by atoms with Crippen molar-refractivity contribution in [2.45, 2.75) is 13.0 Å². The Hall–Kier alpha value is -2.76. The molecule has 0 bridgehead atoms. The second-order valence-electron chi connectivity index (χ2n) is 4.85. The molecule has 2 amide bonds. The fourth-order valence-corrected chi connectivity index (χ4v) is 2.26. The van der Waals surface area contributed by atoms with Crippen LogP contribution in [0.3, 0.4) is 0 Å². The third kappa shape index (κ3) is 2.47. The zero-order valence-corrected chi connectivity index (χ0v) is 11.2. The largest absolute Gasteiger partial charge is 0.378 e. The fourth-order valence-electron chi connectivity index (χ4n) is 2.26. The SMILES string of the molecule is CC(Nc1ccc2c(c1)C(=O)NC2=O)c1cncc(F)c1. The van der Waals surface area contributed by atoms with Crippen LogP contribution in [0.4, 0.5) is 10.1 Å². The number of anilines is 1. The van der Waals surface area contributed by atoms with E-state index in [0.29, 0.717) is 22.4 Å². The van der Waals surface area contributed by atoms with Crippen LogP contribution in [0.2, 0.25) is 0 Å². The molecule has 1 aliphatic rings. The molecule has 0 saturated carbocycles. The van der Waals surface area contributed by atoms with Crippen molar-refractivity contribution < 1.29 is 14.0 Å². The molecular weight excluding hydrogens is 273 g/mol. The van der Waals surface area contributed by atoms with Gasteiger partial charge in [-0.05, 0) is 36.8 Å². The summed E-state index contributed by atoms with van der Waals surface area (Å²) in [5, 5.41) is 5.39. The maximum atomic E-state index is 13.2. The highest BCUT2D eigenvalue weighted by Gasteiger charge is 2.26. The zero-order valence-electron chi connectivity index (χ0n) is 11.2. The van der Waals surface area contributed by atoms with Crippen molar-refractivity contribution in [3.63, 3.8) is 0 Å². The van der Waals surface area contributed by atoms with Crippen LogP contribution in [0, 0.1) is 5.82 Å². The molecule has 21 heavy (non-hydrogen) atoms. The number of benzene rings is 1. The Labute approximate surface area is 120 Å². The number of aromatic nitrogens is 1. The van der Waals surface area contributed by atoms with Crippen molar-refractivity contribution in [2.75, 3.05) is 5.32 Å². The summed E-state index contributed by atoms with van der Waals surface area (Å²) >= 11 is 0. The lowest BCUT2D eigenvalue weighted by Crippen LogP contribution is -2.19. The van der Waals surface area contributed by atoms with E-state index in [4.69, 9.17) is 0 Å². The number of nitrogens with zero attached hydrogens (tertiary/aromatic N) is 1. The summed E-state index contributed by atoms with van der Waals surface area (Å²) in [5.74, 6) is -1.19. The van der Waals surface area contributed by atoms with Crippen LogP contribution in [-0.4, -0.2) is 16.8 Å². The Morgan fingerprint density at radius 1 is 1.14 bits per heavy atom. The van der Waals surface area contributed by atoms with Crippen molar-refractivity contribution in [1.82, 2.24) is 10.3 Å². The van der Waals surface area contributed by atoms with Gasteiger partial charge in [-0.25, -0.2) is 4.39 Å². The number of rotatable bonds is 3. The first-order chi connectivity index (χ1) is 10.0. The molecule has 1 atom stereocenters. The Morgan fingerprint density at radius 3 is 2.67 bits per heavy atom. The molecule has 1 aliphatic heterocycles. The van der Waals surface area contributed by atoms with Crippen molar-refractivity contribution in [2.24, 2.45) is 0 Å². The number of carbonyl (C=O) groups is 2. The minimum absolute atomic E-state index is 0.189. The lowest BCUT2D eigenvalue weighted by atomic mass is 10.1. The fraction of sp³-hybridized carbons (Fsp3) is 0.133. The van der Waals surface area contributed by atoms with Gasteiger partial charge >= 0.3 is 0 Å². The minimum Gasteiger partial charge on any atom is -0.378 e. The molecular formula is C15H12FN3O2. The van der Waals surface area contributed by atoms with Gasteiger partial charge in [0, 0.05) is 11.9 Å². The highest BCUT2D eigenvalue weighted by Crippen LogP contribution is 2.24. The summed E-state index contributed by atoms with van der Waals surface area (Å²) in [4.78, 5) is 26.9. The average Bonchev–Trinajstić information content (AvgIpc) is 2.74. The van der Waals surface area contributed by atoms with Gasteiger partial charge in [0.05, 0.1) is 23.4 Å². The number of fused-ring (bicyclic) bond motifs is 1. The second-order valence-corrected chi connectivity index (χ2v) is 4.85. The molecule has 0 spiro atoms. The van der Waals surface area contributed by atoms with Crippen LogP contribution in [0.5, 0.6) is 0 Å². The van der Waals surface area contributed by atoms with Crippen LogP contribution in [0.25, 0.3) is 0 Å². The van der Waals surface area contributed by atoms with Crippen molar-refractivity contribution in [3.05, 3.63) is 59.2 Å². The van der Waals surface area contributed by atoms with E-state index in [0.717, 1.165) is 6.20 Å². The van der Waals surface area contributed by atoms with E-state index >= 15 is 0 Å². The number of nitrogens with one attached hydrogen (secondary N) is 2. The normalized spacial score (nSPS) is 14.6. The van der Waals surface area contributed by atoms with Crippen molar-refractivity contribution >= 4 is 17.5 Å². The standard InChI is InChI=1S/C15H12FN3O2/c1-8(9-4-10(16)7-17-6-9)18-11-2-3-12-13(5-11)15(21)19-14(12)20/h2-8,18H,1H3,(H,19,20,21). The van der Waals surface area contributed by atoms with Crippen LogP contribution in [-0.2, 0) is 0 Å². The van der Waals surface area contributed by atoms with Gasteiger partial charge in [-0.1, -0.05) is 0 Å². The first kappa shape index (κ1) is 13.2. The third-order valence-corrected chi connectivity index (χ3v) is 3.35. The van der Waals surface area contributed by atoms with Gasteiger partial charge in [-0.15, -0.1) is 0 Å². The van der Waals surface area contributed by atoms with Gasteiger partial charge < -0.3 is 5.32 Å². The first-order valence-corrected chi connectivity index (χ1v) is 6.41. The molecule has 0 aliphatic carbocycles. The lowest BCUT2D eigenvalue weighted by molar-refractivity contribution is 0.0879. The number of imide groups is 1. The monoisotopic (exact) mass is 285 g/mol. The lowest BCUT2D eigenvalue weighted by Gasteiger charge is -2.15. The van der Waals surface area contributed by atoms with E-state index in [1.54, 1.807) is 24.4 Å². The molecule has 6 heteroatoms. The topological polar surface area (TPSA) is 71.1 Å². The predicted octanol–water partition coefficient (Wildman–Crippen LogP) is 2.28. The molecule has 0 saturated heterocycles. The molecule has 0 fully saturated rings. The van der Waals surface area contributed by atoms with E-state index in [1.165, 1.54) is 6.07 Å². The summed E-state index contributed by atoms with van der Waals surface area (Å²) in [5.41, 5.74) is 2.08. The smallest absolute Gasteiger partial charge is 0.259 e. The van der Waals surface area contributed by atoms with E-state index in [-0.39, 0.29) is 11.9 Å². The van der Waals surface area contributed by atoms with E-state index in [9.17, 15) is 14.0 Å². The van der Waals surface area contributed by atoms with Gasteiger partial charge in [-0.2, -0.15) is 0 Å². The molecule has 5 nitrogen and oxygen atoms in total. The molecule has 1 unspecified atom stereocenters. The average molecular weight is 285 g/mol. The molecule has 1 aromatic carbocycles. The van der Waals surface area contributed by atoms with Crippen LogP contribution < -0.4 is 10.6 Å². The number of hydrogen-bond acceptors (Lipinski definition) is 4. The highest BCUT2D eigenvalue weighted by atomic mass is 19.1. The van der Waals surface area contributed by atoms with E-state index in [1.807, 2.05) is 6.92 Å². The number of hydrogen-bond donors (Lipinski definition) is 2. The first-order valence-electron chi connectivity index (χ1n) is 6.41. The van der Waals surface area contributed by atoms with Crippen LogP contribution in [0.15, 0.2) is 36.7 Å². The van der Waals surface area contributed by atoms with Gasteiger partial charge in [-0.3, -0.25) is 19.9 Å². The third-order valence-electron chi connectivity index (χ3n) is 3.35. The number of halogens is 1. The van der Waals surface area contributed by atoms with Crippen LogP contribution in [0.1, 0.15) is 39.2 Å². The van der Waals surface area contributed by atoms with Gasteiger partial charge in [0.15, 0.2) is 0 Å². The molecule has 106 valence electrons. The summed E-state index contributed by atoms with van der Waals surface area (Å²) in [7, 11) is 0.